The van der Waals surface area contributed by atoms with E-state index in [9.17, 15) is 8.42 Å². The number of hydrogen-bond donors (Lipinski definition) is 2. The van der Waals surface area contributed by atoms with Crippen molar-refractivity contribution in [3.05, 3.63) is 78.1 Å². The molecule has 0 saturated carbocycles. The van der Waals surface area contributed by atoms with Crippen LogP contribution in [0.1, 0.15) is 11.1 Å². The van der Waals surface area contributed by atoms with Crippen LogP contribution in [0.4, 0.5) is 11.4 Å². The van der Waals surface area contributed by atoms with Gasteiger partial charge in [0.25, 0.3) is 10.0 Å². The van der Waals surface area contributed by atoms with E-state index in [1.807, 2.05) is 24.3 Å². The Morgan fingerprint density at radius 1 is 0.963 bits per heavy atom. The van der Waals surface area contributed by atoms with Gasteiger partial charge in [0.15, 0.2) is 0 Å². The minimum absolute atomic E-state index is 0.195. The Hall–Kier alpha value is -3.06. The van der Waals surface area contributed by atoms with Gasteiger partial charge >= 0.3 is 0 Å². The molecule has 3 rings (SSSR count). The van der Waals surface area contributed by atoms with Gasteiger partial charge in [-0.25, -0.2) is 8.42 Å². The molecule has 1 heterocycles. The van der Waals surface area contributed by atoms with Crippen molar-refractivity contribution in [3.8, 4) is 5.75 Å². The van der Waals surface area contributed by atoms with Crippen LogP contribution in [0.5, 0.6) is 5.75 Å². The van der Waals surface area contributed by atoms with Crippen molar-refractivity contribution in [2.45, 2.75) is 18.4 Å². The van der Waals surface area contributed by atoms with Crippen LogP contribution in [0.2, 0.25) is 0 Å². The lowest BCUT2D eigenvalue weighted by molar-refractivity contribution is 0.411. The first-order chi connectivity index (χ1) is 13.0. The third-order valence-corrected chi connectivity index (χ3v) is 5.44. The number of nitrogens with one attached hydrogen (secondary N) is 2. The molecule has 140 valence electrons. The molecule has 0 fully saturated rings. The smallest absolute Gasteiger partial charge is 0.261 e. The number of methoxy groups -OCH3 is 1. The summed E-state index contributed by atoms with van der Waals surface area (Å²) in [5.74, 6) is 0.651. The number of rotatable bonds is 7. The molecule has 0 bridgehead atoms. The quantitative estimate of drug-likeness (QED) is 0.648. The number of nitrogens with zero attached hydrogens (tertiary/aromatic N) is 1. The second kappa shape index (κ2) is 8.09. The van der Waals surface area contributed by atoms with Crippen LogP contribution in [0.25, 0.3) is 0 Å². The van der Waals surface area contributed by atoms with Crippen LogP contribution < -0.4 is 14.8 Å². The average molecular weight is 383 g/mol. The molecular weight excluding hydrogens is 362 g/mol. The highest BCUT2D eigenvalue weighted by Crippen LogP contribution is 2.23. The zero-order valence-corrected chi connectivity index (χ0v) is 16.0. The first-order valence-corrected chi connectivity index (χ1v) is 9.86. The van der Waals surface area contributed by atoms with Gasteiger partial charge in [-0.3, -0.25) is 9.71 Å². The number of hydrogen-bond acceptors (Lipinski definition) is 5. The summed E-state index contributed by atoms with van der Waals surface area (Å²) in [6, 6.07) is 15.8. The van der Waals surface area contributed by atoms with Crippen molar-refractivity contribution in [1.29, 1.82) is 0 Å². The van der Waals surface area contributed by atoms with E-state index in [2.05, 4.69) is 15.0 Å². The first-order valence-electron chi connectivity index (χ1n) is 8.38. The second-order valence-electron chi connectivity index (χ2n) is 6.02. The summed E-state index contributed by atoms with van der Waals surface area (Å²) in [5.41, 5.74) is 3.27. The normalized spacial score (nSPS) is 11.0. The van der Waals surface area contributed by atoms with Crippen molar-refractivity contribution in [1.82, 2.24) is 4.98 Å². The topological polar surface area (TPSA) is 80.3 Å². The fraction of sp³-hybridized carbons (Fsp3) is 0.150. The lowest BCUT2D eigenvalue weighted by atomic mass is 10.2. The van der Waals surface area contributed by atoms with Gasteiger partial charge in [-0.15, -0.1) is 0 Å². The molecular formula is C20H21N3O3S. The van der Waals surface area contributed by atoms with Gasteiger partial charge in [0.2, 0.25) is 0 Å². The minimum atomic E-state index is -3.66. The van der Waals surface area contributed by atoms with Gasteiger partial charge in [-0.1, -0.05) is 0 Å². The van der Waals surface area contributed by atoms with Gasteiger partial charge in [0, 0.05) is 30.3 Å². The van der Waals surface area contributed by atoms with E-state index in [-0.39, 0.29) is 4.90 Å². The molecule has 2 N–H and O–H groups in total. The van der Waals surface area contributed by atoms with Crippen LogP contribution >= 0.6 is 0 Å². The zero-order valence-electron chi connectivity index (χ0n) is 15.1. The van der Waals surface area contributed by atoms with Crippen molar-refractivity contribution in [2.24, 2.45) is 0 Å². The van der Waals surface area contributed by atoms with E-state index >= 15 is 0 Å². The summed E-state index contributed by atoms with van der Waals surface area (Å²) in [7, 11) is -2.11. The summed E-state index contributed by atoms with van der Waals surface area (Å²) in [4.78, 5) is 4.18. The minimum Gasteiger partial charge on any atom is -0.496 e. The highest BCUT2D eigenvalue weighted by Gasteiger charge is 2.15. The molecule has 0 amide bonds. The molecule has 0 unspecified atom stereocenters. The molecule has 0 radical (unpaired) electrons. The summed E-state index contributed by atoms with van der Waals surface area (Å²) in [5, 5.41) is 3.28. The van der Waals surface area contributed by atoms with Gasteiger partial charge < -0.3 is 10.1 Å². The number of ether oxygens (including phenoxy) is 1. The van der Waals surface area contributed by atoms with E-state index in [0.29, 0.717) is 18.0 Å². The SMILES string of the molecule is COc1ccc(S(=O)(=O)Nc2ccc(NCc3ccncc3)cc2)cc1C. The van der Waals surface area contributed by atoms with Crippen molar-refractivity contribution in [2.75, 3.05) is 17.1 Å². The predicted molar refractivity (Wildman–Crippen MR) is 107 cm³/mol. The van der Waals surface area contributed by atoms with Crippen LogP contribution in [0, 0.1) is 6.92 Å². The highest BCUT2D eigenvalue weighted by atomic mass is 32.2. The molecule has 3 aromatic rings. The number of aromatic nitrogens is 1. The lowest BCUT2D eigenvalue weighted by Crippen LogP contribution is -2.13. The lowest BCUT2D eigenvalue weighted by Gasteiger charge is -2.11. The van der Waals surface area contributed by atoms with Crippen LogP contribution in [0.3, 0.4) is 0 Å². The van der Waals surface area contributed by atoms with Crippen LogP contribution in [0.15, 0.2) is 71.9 Å². The Morgan fingerprint density at radius 3 is 2.26 bits per heavy atom. The van der Waals surface area contributed by atoms with E-state index in [1.54, 1.807) is 50.7 Å². The Bertz CT molecular complexity index is 1000. The standard InChI is InChI=1S/C20H21N3O3S/c1-15-13-19(7-8-20(15)26-2)27(24,25)23-18-5-3-17(4-6-18)22-14-16-9-11-21-12-10-16/h3-13,22-23H,14H2,1-2H3. The molecule has 1 aromatic heterocycles. The first kappa shape index (κ1) is 18.7. The van der Waals surface area contributed by atoms with Gasteiger partial charge in [-0.2, -0.15) is 0 Å². The van der Waals surface area contributed by atoms with E-state index < -0.39 is 10.0 Å². The van der Waals surface area contributed by atoms with E-state index in [0.717, 1.165) is 16.8 Å². The number of aryl methyl sites for hydroxylation is 1. The number of benzene rings is 2. The maximum atomic E-state index is 12.6. The van der Waals surface area contributed by atoms with Crippen LogP contribution in [-0.2, 0) is 16.6 Å². The molecule has 2 aromatic carbocycles. The highest BCUT2D eigenvalue weighted by molar-refractivity contribution is 7.92. The average Bonchev–Trinajstić information content (AvgIpc) is 2.68. The molecule has 0 saturated heterocycles. The molecule has 0 aliphatic carbocycles. The van der Waals surface area contributed by atoms with Gasteiger partial charge in [0.05, 0.1) is 12.0 Å². The maximum Gasteiger partial charge on any atom is 0.261 e. The molecule has 0 aliphatic heterocycles. The fourth-order valence-electron chi connectivity index (χ4n) is 2.59. The number of pyridine rings is 1. The third-order valence-electron chi connectivity index (χ3n) is 4.06. The number of sulfonamides is 1. The molecule has 0 atom stereocenters. The molecule has 6 nitrogen and oxygen atoms in total. The van der Waals surface area contributed by atoms with Gasteiger partial charge in [-0.05, 0) is 72.6 Å². The summed E-state index contributed by atoms with van der Waals surface area (Å²) in [6.45, 7) is 2.47. The fourth-order valence-corrected chi connectivity index (χ4v) is 3.74. The van der Waals surface area contributed by atoms with Crippen molar-refractivity contribution >= 4 is 21.4 Å². The summed E-state index contributed by atoms with van der Waals surface area (Å²) in [6.07, 6.45) is 3.49. The van der Waals surface area contributed by atoms with Crippen molar-refractivity contribution in [3.63, 3.8) is 0 Å². The Labute approximate surface area is 159 Å². The summed E-state index contributed by atoms with van der Waals surface area (Å²) >= 11 is 0. The zero-order chi connectivity index (χ0) is 19.3. The maximum absolute atomic E-state index is 12.6. The largest absolute Gasteiger partial charge is 0.496 e. The van der Waals surface area contributed by atoms with E-state index in [4.69, 9.17) is 4.74 Å². The van der Waals surface area contributed by atoms with Crippen molar-refractivity contribution < 1.29 is 13.2 Å². The Morgan fingerprint density at radius 2 is 1.63 bits per heavy atom. The molecule has 0 spiro atoms. The molecule has 27 heavy (non-hydrogen) atoms. The Kier molecular flexibility index (Phi) is 5.61. The Balaban J connectivity index is 1.67. The molecule has 0 aliphatic rings. The second-order valence-corrected chi connectivity index (χ2v) is 7.71. The molecule has 7 heteroatoms. The predicted octanol–water partition coefficient (Wildman–Crippen LogP) is 3.81. The van der Waals surface area contributed by atoms with Crippen LogP contribution in [-0.4, -0.2) is 20.5 Å². The summed E-state index contributed by atoms with van der Waals surface area (Å²) < 4.78 is 32.9. The number of anilines is 2. The van der Waals surface area contributed by atoms with Gasteiger partial charge in [0.1, 0.15) is 5.75 Å². The van der Waals surface area contributed by atoms with E-state index in [1.165, 1.54) is 6.07 Å². The monoisotopic (exact) mass is 383 g/mol. The third kappa shape index (κ3) is 4.77.